The molecular weight excluding hydrogens is 973 g/mol. The molecular formula is C74H48N6. The van der Waals surface area contributed by atoms with E-state index in [4.69, 9.17) is 19.9 Å². The summed E-state index contributed by atoms with van der Waals surface area (Å²) in [6.45, 7) is 0. The predicted octanol–water partition coefficient (Wildman–Crippen LogP) is 18.7. The van der Waals surface area contributed by atoms with Crippen molar-refractivity contribution in [3.05, 3.63) is 291 Å². The maximum atomic E-state index is 5.22. The molecule has 4 heterocycles. The molecule has 10 aromatic carbocycles. The highest BCUT2D eigenvalue weighted by Crippen LogP contribution is 2.35. The summed E-state index contributed by atoms with van der Waals surface area (Å²) in [6, 6.07) is 97.7. The Kier molecular flexibility index (Phi) is 12.5. The van der Waals surface area contributed by atoms with Crippen LogP contribution in [0.4, 0.5) is 0 Å². The largest absolute Gasteiger partial charge is 0.256 e. The first-order chi connectivity index (χ1) is 39.6. The first kappa shape index (κ1) is 47.6. The minimum absolute atomic E-state index is 0.666. The third kappa shape index (κ3) is 9.81. The predicted molar refractivity (Wildman–Crippen MR) is 328 cm³/mol. The standard InChI is InChI=1S/C74H48N6/c1-3-9-49(10-4-1)51-23-35-61(36-24-51)73-77-69(47-71(79-73)59-31-19-55(20-32-59)63-39-41-67-65(45-63)13-7-43-75-67)57-27-15-53(16-28-57)54-17-29-58(30-18-54)70-48-72(80-74(78-70)62-37-25-52(26-38-62)50-11-5-2-6-12-50)60-33-21-56(22-34-60)64-40-42-68-66(46-64)14-8-44-76-68/h1-48H. The number of nitrogens with zero attached hydrogens (tertiary/aromatic N) is 6. The number of pyridine rings is 2. The van der Waals surface area contributed by atoms with Crippen LogP contribution in [0, 0.1) is 0 Å². The lowest BCUT2D eigenvalue weighted by Gasteiger charge is -2.12. The zero-order chi connectivity index (χ0) is 53.2. The highest BCUT2D eigenvalue weighted by molar-refractivity contribution is 5.87. The molecule has 14 aromatic rings. The van der Waals surface area contributed by atoms with Crippen molar-refractivity contribution in [1.29, 1.82) is 0 Å². The Morgan fingerprint density at radius 1 is 0.175 bits per heavy atom. The van der Waals surface area contributed by atoms with Gasteiger partial charge in [0.05, 0.1) is 33.8 Å². The first-order valence-corrected chi connectivity index (χ1v) is 26.8. The van der Waals surface area contributed by atoms with E-state index >= 15 is 0 Å². The van der Waals surface area contributed by atoms with Crippen molar-refractivity contribution in [2.75, 3.05) is 0 Å². The third-order valence-electron chi connectivity index (χ3n) is 14.9. The molecule has 0 unspecified atom stereocenters. The van der Waals surface area contributed by atoms with Crippen molar-refractivity contribution in [2.24, 2.45) is 0 Å². The van der Waals surface area contributed by atoms with Gasteiger partial charge in [0.2, 0.25) is 0 Å². The van der Waals surface area contributed by atoms with Crippen molar-refractivity contribution < 1.29 is 0 Å². The van der Waals surface area contributed by atoms with Gasteiger partial charge in [-0.05, 0) is 104 Å². The Morgan fingerprint density at radius 2 is 0.425 bits per heavy atom. The van der Waals surface area contributed by atoms with E-state index in [0.29, 0.717) is 11.6 Å². The fourth-order valence-electron chi connectivity index (χ4n) is 10.5. The molecule has 6 heteroatoms. The summed E-state index contributed by atoms with van der Waals surface area (Å²) >= 11 is 0. The summed E-state index contributed by atoms with van der Waals surface area (Å²) in [5.41, 5.74) is 22.6. The molecule has 0 atom stereocenters. The number of hydrogen-bond acceptors (Lipinski definition) is 6. The zero-order valence-electron chi connectivity index (χ0n) is 43.4. The van der Waals surface area contributed by atoms with Gasteiger partial charge in [0.1, 0.15) is 0 Å². The Hall–Kier alpha value is -10.8. The van der Waals surface area contributed by atoms with E-state index < -0.39 is 0 Å². The SMILES string of the molecule is c1ccc(-c2ccc(-c3nc(-c4ccc(-c5ccc(-c6cc(-c7ccc(-c8ccc9ncccc9c8)cc7)nc(-c7ccc(-c8ccccc8)cc7)n6)cc5)cc4)cc(-c4ccc(-c5ccc6ncccc6c5)cc4)n3)cc2)cc1. The van der Waals surface area contributed by atoms with Gasteiger partial charge in [0.15, 0.2) is 11.6 Å². The minimum Gasteiger partial charge on any atom is -0.256 e. The molecule has 80 heavy (non-hydrogen) atoms. The van der Waals surface area contributed by atoms with E-state index in [2.05, 4.69) is 265 Å². The highest BCUT2D eigenvalue weighted by atomic mass is 14.9. The minimum atomic E-state index is 0.666. The Bertz CT molecular complexity index is 4210. The average molecular weight is 1020 g/mol. The number of fused-ring (bicyclic) bond motifs is 2. The van der Waals surface area contributed by atoms with E-state index in [1.807, 2.05) is 36.7 Å². The average Bonchev–Trinajstić information content (AvgIpc) is 3.61. The molecule has 0 aliphatic carbocycles. The van der Waals surface area contributed by atoms with Crippen molar-refractivity contribution in [3.63, 3.8) is 0 Å². The molecule has 0 radical (unpaired) electrons. The molecule has 14 rings (SSSR count). The van der Waals surface area contributed by atoms with Crippen molar-refractivity contribution >= 4 is 21.8 Å². The Balaban J connectivity index is 0.772. The van der Waals surface area contributed by atoms with E-state index in [-0.39, 0.29) is 0 Å². The summed E-state index contributed by atoms with van der Waals surface area (Å²) in [6.07, 6.45) is 3.66. The molecule has 0 aliphatic rings. The maximum Gasteiger partial charge on any atom is 0.160 e. The summed E-state index contributed by atoms with van der Waals surface area (Å²) < 4.78 is 0. The maximum absolute atomic E-state index is 5.22. The topological polar surface area (TPSA) is 77.3 Å². The van der Waals surface area contributed by atoms with Gasteiger partial charge in [-0.3, -0.25) is 9.97 Å². The number of rotatable bonds is 11. The molecule has 6 nitrogen and oxygen atoms in total. The molecule has 0 saturated heterocycles. The Labute approximate surface area is 464 Å². The second-order valence-electron chi connectivity index (χ2n) is 19.9. The van der Waals surface area contributed by atoms with Crippen LogP contribution in [0.15, 0.2) is 291 Å². The first-order valence-electron chi connectivity index (χ1n) is 26.8. The van der Waals surface area contributed by atoms with Crippen LogP contribution < -0.4 is 0 Å². The summed E-state index contributed by atoms with van der Waals surface area (Å²) in [7, 11) is 0. The van der Waals surface area contributed by atoms with Crippen LogP contribution in [-0.2, 0) is 0 Å². The second kappa shape index (κ2) is 21.0. The van der Waals surface area contributed by atoms with Crippen LogP contribution in [0.3, 0.4) is 0 Å². The van der Waals surface area contributed by atoms with Crippen molar-refractivity contribution in [3.8, 4) is 123 Å². The quantitative estimate of drug-likeness (QED) is 0.128. The summed E-state index contributed by atoms with van der Waals surface area (Å²) in [5.74, 6) is 1.33. The zero-order valence-corrected chi connectivity index (χ0v) is 43.4. The van der Waals surface area contributed by atoms with Crippen LogP contribution in [0.5, 0.6) is 0 Å². The highest BCUT2D eigenvalue weighted by Gasteiger charge is 2.15. The normalized spacial score (nSPS) is 11.2. The molecule has 0 fully saturated rings. The van der Waals surface area contributed by atoms with Gasteiger partial charge in [0.25, 0.3) is 0 Å². The lowest BCUT2D eigenvalue weighted by atomic mass is 9.98. The lowest BCUT2D eigenvalue weighted by Crippen LogP contribution is -1.96. The summed E-state index contributed by atoms with van der Waals surface area (Å²) in [4.78, 5) is 29.8. The molecule has 0 aliphatic heterocycles. The molecule has 0 saturated carbocycles. The van der Waals surface area contributed by atoms with Crippen LogP contribution in [0.25, 0.3) is 145 Å². The molecule has 0 bridgehead atoms. The van der Waals surface area contributed by atoms with Crippen LogP contribution >= 0.6 is 0 Å². The number of hydrogen-bond donors (Lipinski definition) is 0. The van der Waals surface area contributed by atoms with Gasteiger partial charge in [-0.2, -0.15) is 0 Å². The number of aromatic nitrogens is 6. The van der Waals surface area contributed by atoms with Gasteiger partial charge >= 0.3 is 0 Å². The fraction of sp³-hybridized carbons (Fsp3) is 0. The van der Waals surface area contributed by atoms with Gasteiger partial charge in [-0.25, -0.2) is 19.9 Å². The Morgan fingerprint density at radius 3 is 0.738 bits per heavy atom. The van der Waals surface area contributed by atoms with Crippen LogP contribution in [0.2, 0.25) is 0 Å². The summed E-state index contributed by atoms with van der Waals surface area (Å²) in [5, 5.41) is 2.23. The van der Waals surface area contributed by atoms with Crippen molar-refractivity contribution in [2.45, 2.75) is 0 Å². The van der Waals surface area contributed by atoms with E-state index in [1.165, 1.54) is 11.1 Å². The van der Waals surface area contributed by atoms with Crippen molar-refractivity contribution in [1.82, 2.24) is 29.9 Å². The smallest absolute Gasteiger partial charge is 0.160 e. The van der Waals surface area contributed by atoms with Gasteiger partial charge < -0.3 is 0 Å². The molecule has 4 aromatic heterocycles. The van der Waals surface area contributed by atoms with Crippen LogP contribution in [0.1, 0.15) is 0 Å². The monoisotopic (exact) mass is 1020 g/mol. The fourth-order valence-corrected chi connectivity index (χ4v) is 10.5. The van der Waals surface area contributed by atoms with Gasteiger partial charge in [-0.15, -0.1) is 0 Å². The van der Waals surface area contributed by atoms with E-state index in [0.717, 1.165) is 122 Å². The number of benzene rings is 10. The molecule has 0 spiro atoms. The third-order valence-corrected chi connectivity index (χ3v) is 14.9. The van der Waals surface area contributed by atoms with Gasteiger partial charge in [-0.1, -0.05) is 231 Å². The molecule has 0 amide bonds. The van der Waals surface area contributed by atoms with Crippen LogP contribution in [-0.4, -0.2) is 29.9 Å². The van der Waals surface area contributed by atoms with Gasteiger partial charge in [0, 0.05) is 56.5 Å². The lowest BCUT2D eigenvalue weighted by molar-refractivity contribution is 1.18. The van der Waals surface area contributed by atoms with E-state index in [9.17, 15) is 0 Å². The second-order valence-corrected chi connectivity index (χ2v) is 19.9. The molecule has 374 valence electrons. The molecule has 0 N–H and O–H groups in total. The van der Waals surface area contributed by atoms with E-state index in [1.54, 1.807) is 0 Å².